The van der Waals surface area contributed by atoms with Gasteiger partial charge in [-0.3, -0.25) is 0 Å². The number of hydrogen-bond donors (Lipinski definition) is 0. The normalized spacial score (nSPS) is 10.7. The Kier molecular flexibility index (Phi) is 8.96. The van der Waals surface area contributed by atoms with E-state index in [0.717, 1.165) is 44.4 Å². The fourth-order valence-electron chi connectivity index (χ4n) is 4.89. The van der Waals surface area contributed by atoms with E-state index in [9.17, 15) is 4.39 Å². The number of furan rings is 1. The molecule has 7 aromatic rings. The molecule has 0 amide bonds. The van der Waals surface area contributed by atoms with E-state index in [1.165, 1.54) is 22.8 Å². The topological polar surface area (TPSA) is 38.9 Å². The first-order chi connectivity index (χ1) is 20.4. The van der Waals surface area contributed by atoms with Crippen LogP contribution < -0.4 is 0 Å². The van der Waals surface area contributed by atoms with Gasteiger partial charge in [0.05, 0.1) is 11.1 Å². The zero-order chi connectivity index (χ0) is 29.2. The number of pyridine rings is 2. The first-order valence-electron chi connectivity index (χ1n) is 13.8. The van der Waals surface area contributed by atoms with Crippen LogP contribution >= 0.6 is 0 Å². The summed E-state index contributed by atoms with van der Waals surface area (Å²) in [5, 5.41) is 1.81. The van der Waals surface area contributed by atoms with E-state index in [-0.39, 0.29) is 25.9 Å². The van der Waals surface area contributed by atoms with Crippen molar-refractivity contribution in [3.8, 4) is 33.6 Å². The van der Waals surface area contributed by atoms with Crippen molar-refractivity contribution in [2.24, 2.45) is 0 Å². The number of aromatic nitrogens is 2. The SMILES string of the molecule is Cc1c[c-]c(-c2cc(C)c(C)cn2)cc1.Cc1ccc(-c2[c-]ccc3c2oc2c(-c4ccccc4)c(F)ccc23)nc1.[Ir]. The van der Waals surface area contributed by atoms with Crippen molar-refractivity contribution in [1.29, 1.82) is 0 Å². The smallest absolute Gasteiger partial charge is 0.134 e. The van der Waals surface area contributed by atoms with E-state index in [1.807, 2.05) is 80.0 Å². The molecule has 0 N–H and O–H groups in total. The zero-order valence-electron chi connectivity index (χ0n) is 24.3. The minimum atomic E-state index is -0.299. The maximum Gasteiger partial charge on any atom is 0.134 e. The second-order valence-corrected chi connectivity index (χ2v) is 10.5. The Balaban J connectivity index is 0.000000197. The third kappa shape index (κ3) is 6.19. The molecule has 3 heterocycles. The van der Waals surface area contributed by atoms with Crippen LogP contribution in [-0.4, -0.2) is 9.97 Å². The molecule has 0 spiro atoms. The van der Waals surface area contributed by atoms with Crippen molar-refractivity contribution < 1.29 is 28.9 Å². The van der Waals surface area contributed by atoms with Gasteiger partial charge in [0.1, 0.15) is 11.4 Å². The van der Waals surface area contributed by atoms with Gasteiger partial charge in [0.15, 0.2) is 0 Å². The first-order valence-corrected chi connectivity index (χ1v) is 13.8. The molecular weight excluding hydrogens is 712 g/mol. The molecule has 7 rings (SSSR count). The number of fused-ring (bicyclic) bond motifs is 3. The summed E-state index contributed by atoms with van der Waals surface area (Å²) in [7, 11) is 0. The second kappa shape index (κ2) is 12.8. The predicted octanol–water partition coefficient (Wildman–Crippen LogP) is 10.0. The Labute approximate surface area is 264 Å². The van der Waals surface area contributed by atoms with Crippen LogP contribution in [0.25, 0.3) is 55.6 Å². The Bertz CT molecular complexity index is 2020. The van der Waals surface area contributed by atoms with E-state index < -0.39 is 0 Å². The van der Waals surface area contributed by atoms with Crippen molar-refractivity contribution in [3.63, 3.8) is 0 Å². The molecule has 0 unspecified atom stereocenters. The van der Waals surface area contributed by atoms with Crippen LogP contribution in [0, 0.1) is 45.6 Å². The van der Waals surface area contributed by atoms with Gasteiger partial charge in [-0.05, 0) is 61.0 Å². The molecule has 0 fully saturated rings. The molecule has 1 radical (unpaired) electrons. The summed E-state index contributed by atoms with van der Waals surface area (Å²) < 4.78 is 20.9. The van der Waals surface area contributed by atoms with E-state index in [4.69, 9.17) is 4.42 Å². The molecule has 0 aliphatic rings. The van der Waals surface area contributed by atoms with Gasteiger partial charge >= 0.3 is 0 Å². The summed E-state index contributed by atoms with van der Waals surface area (Å²) in [5.41, 5.74) is 10.9. The Morgan fingerprint density at radius 2 is 1.42 bits per heavy atom. The fourth-order valence-corrected chi connectivity index (χ4v) is 4.89. The number of hydrogen-bond acceptors (Lipinski definition) is 3. The first kappa shape index (κ1) is 30.0. The van der Waals surface area contributed by atoms with Crippen LogP contribution in [0.1, 0.15) is 22.3 Å². The maximum atomic E-state index is 14.7. The van der Waals surface area contributed by atoms with Crippen LogP contribution in [0.4, 0.5) is 4.39 Å². The minimum absolute atomic E-state index is 0. The third-order valence-electron chi connectivity index (χ3n) is 7.40. The summed E-state index contributed by atoms with van der Waals surface area (Å²) in [5.74, 6) is -0.299. The van der Waals surface area contributed by atoms with Crippen LogP contribution in [-0.2, 0) is 20.1 Å². The van der Waals surface area contributed by atoms with Crippen LogP contribution in [0.3, 0.4) is 0 Å². The van der Waals surface area contributed by atoms with Crippen molar-refractivity contribution in [2.45, 2.75) is 27.7 Å². The number of nitrogens with zero attached hydrogens (tertiary/aromatic N) is 2. The molecular formula is C38H29FIrN2O-2. The quantitative estimate of drug-likeness (QED) is 0.169. The summed E-state index contributed by atoms with van der Waals surface area (Å²) in [6, 6.07) is 35.2. The minimum Gasteiger partial charge on any atom is -0.500 e. The van der Waals surface area contributed by atoms with Gasteiger partial charge in [-0.1, -0.05) is 72.0 Å². The second-order valence-electron chi connectivity index (χ2n) is 10.5. The third-order valence-corrected chi connectivity index (χ3v) is 7.40. The Morgan fingerprint density at radius 3 is 2.12 bits per heavy atom. The molecule has 43 heavy (non-hydrogen) atoms. The van der Waals surface area contributed by atoms with Crippen LogP contribution in [0.2, 0.25) is 0 Å². The average Bonchev–Trinajstić information content (AvgIpc) is 3.39. The average molecular weight is 741 g/mol. The number of aryl methyl sites for hydroxylation is 4. The van der Waals surface area contributed by atoms with Crippen molar-refractivity contribution in [1.82, 2.24) is 9.97 Å². The van der Waals surface area contributed by atoms with Crippen molar-refractivity contribution in [3.05, 3.63) is 144 Å². The number of benzene rings is 4. The molecule has 0 atom stereocenters. The molecule has 0 aliphatic carbocycles. The predicted molar refractivity (Wildman–Crippen MR) is 169 cm³/mol. The van der Waals surface area contributed by atoms with Gasteiger partial charge in [0.25, 0.3) is 0 Å². The maximum absolute atomic E-state index is 14.7. The summed E-state index contributed by atoms with van der Waals surface area (Å²) in [4.78, 5) is 8.91. The van der Waals surface area contributed by atoms with Crippen LogP contribution in [0.15, 0.2) is 108 Å². The molecule has 0 bridgehead atoms. The van der Waals surface area contributed by atoms with Gasteiger partial charge in [-0.2, -0.15) is 0 Å². The van der Waals surface area contributed by atoms with Crippen molar-refractivity contribution >= 4 is 21.9 Å². The van der Waals surface area contributed by atoms with E-state index in [1.54, 1.807) is 6.07 Å². The fraction of sp³-hybridized carbons (Fsp3) is 0.105. The summed E-state index contributed by atoms with van der Waals surface area (Å²) in [6.45, 7) is 8.24. The Morgan fingerprint density at radius 1 is 0.674 bits per heavy atom. The van der Waals surface area contributed by atoms with Gasteiger partial charge in [0, 0.05) is 37.9 Å². The summed E-state index contributed by atoms with van der Waals surface area (Å²) in [6.07, 6.45) is 3.73. The molecule has 5 heteroatoms. The van der Waals surface area contributed by atoms with Gasteiger partial charge in [-0.25, -0.2) is 4.39 Å². The number of halogens is 1. The molecule has 3 aromatic heterocycles. The molecule has 3 nitrogen and oxygen atoms in total. The monoisotopic (exact) mass is 741 g/mol. The molecule has 0 saturated heterocycles. The zero-order valence-corrected chi connectivity index (χ0v) is 26.7. The Hall–Kier alpha value is -4.44. The van der Waals surface area contributed by atoms with Crippen molar-refractivity contribution in [2.75, 3.05) is 0 Å². The molecule has 0 aliphatic heterocycles. The van der Waals surface area contributed by atoms with Crippen LogP contribution in [0.5, 0.6) is 0 Å². The number of rotatable bonds is 3. The van der Waals surface area contributed by atoms with E-state index in [2.05, 4.69) is 61.1 Å². The van der Waals surface area contributed by atoms with E-state index >= 15 is 0 Å². The van der Waals surface area contributed by atoms with E-state index in [0.29, 0.717) is 16.7 Å². The molecule has 215 valence electrons. The standard InChI is InChI=1S/C24H15FNO.C14H14N.Ir/c1-15-10-13-21(26-14-15)19-9-5-8-17-18-11-12-20(25)22(24(18)27-23(17)19)16-6-3-2-4-7-16;1-10-4-6-13(7-5-10)14-8-11(2)12(3)9-15-14;/h2-8,10-14H,1H3;4-6,8-9H,1-3H3;/q2*-1;. The molecule has 0 saturated carbocycles. The molecule has 4 aromatic carbocycles. The van der Waals surface area contributed by atoms with Gasteiger partial charge in [0.2, 0.25) is 0 Å². The van der Waals surface area contributed by atoms with Gasteiger partial charge < -0.3 is 14.4 Å². The summed E-state index contributed by atoms with van der Waals surface area (Å²) >= 11 is 0. The van der Waals surface area contributed by atoms with Gasteiger partial charge in [-0.15, -0.1) is 53.6 Å². The largest absolute Gasteiger partial charge is 0.500 e.